The molecule has 0 saturated carbocycles. The molecule has 1 aromatic rings. The quantitative estimate of drug-likeness (QED) is 0.869. The second kappa shape index (κ2) is 6.75. The van der Waals surface area contributed by atoms with Crippen LogP contribution in [0.1, 0.15) is 33.1 Å². The van der Waals surface area contributed by atoms with Gasteiger partial charge in [0.1, 0.15) is 0 Å². The lowest BCUT2D eigenvalue weighted by molar-refractivity contribution is -0.118. The first-order valence-electron chi connectivity index (χ1n) is 7.40. The van der Waals surface area contributed by atoms with Crippen LogP contribution in [-0.2, 0) is 4.79 Å². The molecule has 0 bridgehead atoms. The third-order valence-electron chi connectivity index (χ3n) is 3.79. The van der Waals surface area contributed by atoms with Crippen molar-refractivity contribution < 1.29 is 9.90 Å². The molecule has 1 atom stereocenters. The van der Waals surface area contributed by atoms with Gasteiger partial charge in [-0.15, -0.1) is 0 Å². The third-order valence-corrected chi connectivity index (χ3v) is 3.79. The van der Waals surface area contributed by atoms with Crippen LogP contribution in [0.15, 0.2) is 24.3 Å². The molecule has 1 fully saturated rings. The summed E-state index contributed by atoms with van der Waals surface area (Å²) in [6.45, 7) is 5.91. The van der Waals surface area contributed by atoms with Crippen molar-refractivity contribution in [1.29, 1.82) is 0 Å². The van der Waals surface area contributed by atoms with Gasteiger partial charge in [0.05, 0.1) is 23.9 Å². The number of hydrogen-bond acceptors (Lipinski definition) is 3. The van der Waals surface area contributed by atoms with E-state index in [1.54, 1.807) is 0 Å². The lowest BCUT2D eigenvalue weighted by atomic mass is 10.0. The molecular weight excluding hydrogens is 252 g/mol. The Kier molecular flexibility index (Phi) is 5.01. The van der Waals surface area contributed by atoms with Gasteiger partial charge in [-0.1, -0.05) is 26.0 Å². The predicted molar refractivity (Wildman–Crippen MR) is 82.0 cm³/mol. The fourth-order valence-corrected chi connectivity index (χ4v) is 2.44. The van der Waals surface area contributed by atoms with Crippen LogP contribution in [0.2, 0.25) is 0 Å². The molecule has 0 spiro atoms. The van der Waals surface area contributed by atoms with Gasteiger partial charge in [-0.2, -0.15) is 0 Å². The second-order valence-electron chi connectivity index (χ2n) is 5.77. The van der Waals surface area contributed by atoms with Crippen molar-refractivity contribution in [2.24, 2.45) is 5.92 Å². The van der Waals surface area contributed by atoms with E-state index in [0.717, 1.165) is 24.5 Å². The number of benzene rings is 1. The Bertz CT molecular complexity index is 454. The highest BCUT2D eigenvalue weighted by Gasteiger charge is 2.18. The highest BCUT2D eigenvalue weighted by atomic mass is 16.3. The van der Waals surface area contributed by atoms with Crippen LogP contribution in [0.3, 0.4) is 0 Å². The van der Waals surface area contributed by atoms with Crippen molar-refractivity contribution >= 4 is 17.3 Å². The number of amides is 1. The van der Waals surface area contributed by atoms with Crippen molar-refractivity contribution in [3.8, 4) is 0 Å². The smallest absolute Gasteiger partial charge is 0.227 e. The number of aliphatic hydroxyl groups excluding tert-OH is 1. The zero-order valence-electron chi connectivity index (χ0n) is 12.3. The molecule has 20 heavy (non-hydrogen) atoms. The van der Waals surface area contributed by atoms with Gasteiger partial charge in [0, 0.05) is 13.1 Å². The van der Waals surface area contributed by atoms with E-state index in [1.807, 2.05) is 38.1 Å². The monoisotopic (exact) mass is 276 g/mol. The van der Waals surface area contributed by atoms with Crippen LogP contribution in [-0.4, -0.2) is 30.2 Å². The fourth-order valence-electron chi connectivity index (χ4n) is 2.44. The van der Waals surface area contributed by atoms with Crippen LogP contribution in [0, 0.1) is 5.92 Å². The average Bonchev–Trinajstić information content (AvgIpc) is 2.92. The minimum absolute atomic E-state index is 0.0922. The van der Waals surface area contributed by atoms with Gasteiger partial charge >= 0.3 is 0 Å². The first-order valence-corrected chi connectivity index (χ1v) is 7.40. The molecule has 2 rings (SSSR count). The van der Waals surface area contributed by atoms with Crippen molar-refractivity contribution in [3.05, 3.63) is 24.3 Å². The highest BCUT2D eigenvalue weighted by molar-refractivity contribution is 5.94. The first-order chi connectivity index (χ1) is 9.58. The van der Waals surface area contributed by atoms with Crippen LogP contribution < -0.4 is 10.2 Å². The van der Waals surface area contributed by atoms with Crippen molar-refractivity contribution in [2.75, 3.05) is 23.3 Å². The molecule has 1 amide bonds. The molecule has 110 valence electrons. The second-order valence-corrected chi connectivity index (χ2v) is 5.77. The molecule has 0 aliphatic carbocycles. The summed E-state index contributed by atoms with van der Waals surface area (Å²) in [6.07, 6.45) is 1.96. The van der Waals surface area contributed by atoms with Crippen LogP contribution >= 0.6 is 0 Å². The first kappa shape index (κ1) is 14.9. The number of nitrogens with one attached hydrogen (secondary N) is 1. The molecular formula is C16H24N2O2. The van der Waals surface area contributed by atoms with Gasteiger partial charge in [-0.25, -0.2) is 0 Å². The predicted octanol–water partition coefficient (Wildman–Crippen LogP) is 2.63. The number of hydrogen-bond donors (Lipinski definition) is 2. The molecule has 4 nitrogen and oxygen atoms in total. The van der Waals surface area contributed by atoms with Crippen LogP contribution in [0.25, 0.3) is 0 Å². The van der Waals surface area contributed by atoms with Gasteiger partial charge in [0.25, 0.3) is 0 Å². The molecule has 1 aromatic carbocycles. The Morgan fingerprint density at radius 2 is 1.95 bits per heavy atom. The number of nitrogens with zero attached hydrogens (tertiary/aromatic N) is 1. The third kappa shape index (κ3) is 3.73. The van der Waals surface area contributed by atoms with E-state index in [1.165, 1.54) is 12.8 Å². The average molecular weight is 276 g/mol. The van der Waals surface area contributed by atoms with Crippen LogP contribution in [0.4, 0.5) is 11.4 Å². The molecule has 0 aromatic heterocycles. The Labute approximate surface area is 120 Å². The Balaban J connectivity index is 2.03. The maximum absolute atomic E-state index is 12.0. The topological polar surface area (TPSA) is 52.6 Å². The largest absolute Gasteiger partial charge is 0.392 e. The van der Waals surface area contributed by atoms with Crippen LogP contribution in [0.5, 0.6) is 0 Å². The number of rotatable bonds is 5. The van der Waals surface area contributed by atoms with Gasteiger partial charge in [-0.3, -0.25) is 4.79 Å². The number of para-hydroxylation sites is 2. The summed E-state index contributed by atoms with van der Waals surface area (Å²) < 4.78 is 0. The maximum Gasteiger partial charge on any atom is 0.227 e. The highest BCUT2D eigenvalue weighted by Crippen LogP contribution is 2.28. The van der Waals surface area contributed by atoms with Gasteiger partial charge in [0.15, 0.2) is 0 Å². The number of anilines is 2. The van der Waals surface area contributed by atoms with E-state index in [0.29, 0.717) is 0 Å². The van der Waals surface area contributed by atoms with E-state index in [2.05, 4.69) is 10.2 Å². The Morgan fingerprint density at radius 1 is 1.30 bits per heavy atom. The number of carbonyl (C=O) groups is 1. The molecule has 1 aliphatic rings. The molecule has 1 heterocycles. The van der Waals surface area contributed by atoms with Crippen molar-refractivity contribution in [1.82, 2.24) is 0 Å². The van der Waals surface area contributed by atoms with Crippen molar-refractivity contribution in [2.45, 2.75) is 39.2 Å². The summed E-state index contributed by atoms with van der Waals surface area (Å²) in [5.74, 6) is -0.0348. The minimum atomic E-state index is -0.589. The summed E-state index contributed by atoms with van der Waals surface area (Å²) >= 11 is 0. The molecule has 1 aliphatic heterocycles. The number of carbonyl (C=O) groups excluding carboxylic acids is 1. The Morgan fingerprint density at radius 3 is 2.60 bits per heavy atom. The van der Waals surface area contributed by atoms with E-state index in [4.69, 9.17) is 0 Å². The Hall–Kier alpha value is -1.55. The molecule has 0 radical (unpaired) electrons. The summed E-state index contributed by atoms with van der Waals surface area (Å²) in [5.41, 5.74) is 1.92. The standard InChI is InChI=1S/C16H24N2O2/c1-12(2)15(19)11-16(20)17-13-7-3-4-8-14(13)18-9-5-6-10-18/h3-4,7-8,12,15,19H,5-6,9-11H2,1-2H3,(H,17,20). The molecule has 1 saturated heterocycles. The minimum Gasteiger partial charge on any atom is -0.392 e. The molecule has 4 heteroatoms. The van der Waals surface area contributed by atoms with Gasteiger partial charge in [0.2, 0.25) is 5.91 Å². The summed E-state index contributed by atoms with van der Waals surface area (Å²) in [4.78, 5) is 14.3. The zero-order chi connectivity index (χ0) is 14.5. The van der Waals surface area contributed by atoms with Gasteiger partial charge in [-0.05, 0) is 30.9 Å². The van der Waals surface area contributed by atoms with Crippen molar-refractivity contribution in [3.63, 3.8) is 0 Å². The van der Waals surface area contributed by atoms with E-state index >= 15 is 0 Å². The lowest BCUT2D eigenvalue weighted by Gasteiger charge is -2.22. The maximum atomic E-state index is 12.0. The molecule has 1 unspecified atom stereocenters. The summed E-state index contributed by atoms with van der Waals surface area (Å²) in [7, 11) is 0. The molecule has 2 N–H and O–H groups in total. The fraction of sp³-hybridized carbons (Fsp3) is 0.562. The lowest BCUT2D eigenvalue weighted by Crippen LogP contribution is -2.25. The van der Waals surface area contributed by atoms with Gasteiger partial charge < -0.3 is 15.3 Å². The van der Waals surface area contributed by atoms with E-state index in [-0.39, 0.29) is 18.2 Å². The van der Waals surface area contributed by atoms with E-state index in [9.17, 15) is 9.90 Å². The normalized spacial score (nSPS) is 16.5. The van der Waals surface area contributed by atoms with E-state index < -0.39 is 6.10 Å². The number of aliphatic hydroxyl groups is 1. The SMILES string of the molecule is CC(C)C(O)CC(=O)Nc1ccccc1N1CCCC1. The summed E-state index contributed by atoms with van der Waals surface area (Å²) in [6, 6.07) is 7.88. The summed E-state index contributed by atoms with van der Waals surface area (Å²) in [5, 5.41) is 12.7. The zero-order valence-corrected chi connectivity index (χ0v) is 12.3.